The number of hydrogen-bond acceptors (Lipinski definition) is 10. The topological polar surface area (TPSA) is 123 Å². The number of hydrogen-bond donors (Lipinski definition) is 1. The highest BCUT2D eigenvalue weighted by atomic mass is 16.5. The molecule has 3 saturated heterocycles. The number of rotatable bonds is 4. The van der Waals surface area contributed by atoms with Crippen LogP contribution in [0, 0.1) is 5.92 Å². The fourth-order valence-corrected chi connectivity index (χ4v) is 5.96. The number of ether oxygens (including phenoxy) is 2. The van der Waals surface area contributed by atoms with Crippen molar-refractivity contribution in [1.29, 1.82) is 0 Å². The van der Waals surface area contributed by atoms with Gasteiger partial charge in [0, 0.05) is 56.3 Å². The number of nitrogens with two attached hydrogens (primary N) is 1. The highest BCUT2D eigenvalue weighted by molar-refractivity contribution is 5.80. The van der Waals surface area contributed by atoms with Crippen molar-refractivity contribution in [2.24, 2.45) is 5.92 Å². The molecular formula is C25H34N8O3. The van der Waals surface area contributed by atoms with Crippen LogP contribution in [0.25, 0.3) is 11.3 Å². The lowest BCUT2D eigenvalue weighted by molar-refractivity contribution is -0.134. The van der Waals surface area contributed by atoms with Gasteiger partial charge >= 0.3 is 0 Å². The quantitative estimate of drug-likeness (QED) is 0.662. The zero-order valence-electron chi connectivity index (χ0n) is 21.0. The molecule has 0 spiro atoms. The van der Waals surface area contributed by atoms with Crippen molar-refractivity contribution in [2.75, 3.05) is 68.1 Å². The van der Waals surface area contributed by atoms with Gasteiger partial charge in [-0.2, -0.15) is 4.98 Å². The molecule has 0 unspecified atom stereocenters. The second kappa shape index (κ2) is 9.11. The first-order valence-electron chi connectivity index (χ1n) is 12.9. The molecule has 3 atom stereocenters. The lowest BCUT2D eigenvalue weighted by Gasteiger charge is -2.38. The van der Waals surface area contributed by atoms with E-state index >= 15 is 0 Å². The van der Waals surface area contributed by atoms with Crippen LogP contribution in [-0.2, 0) is 20.7 Å². The van der Waals surface area contributed by atoms with E-state index in [0.29, 0.717) is 38.9 Å². The first kappa shape index (κ1) is 23.4. The van der Waals surface area contributed by atoms with E-state index in [4.69, 9.17) is 25.2 Å². The van der Waals surface area contributed by atoms with Crippen LogP contribution in [0.4, 0.5) is 17.7 Å². The summed E-state index contributed by atoms with van der Waals surface area (Å²) < 4.78 is 11.1. The van der Waals surface area contributed by atoms with Crippen LogP contribution in [0.1, 0.15) is 32.3 Å². The fourth-order valence-electron chi connectivity index (χ4n) is 5.96. The summed E-state index contributed by atoms with van der Waals surface area (Å²) in [5, 5.41) is 0. The van der Waals surface area contributed by atoms with Gasteiger partial charge in [0.2, 0.25) is 17.8 Å². The van der Waals surface area contributed by atoms with E-state index in [1.807, 2.05) is 4.90 Å². The Morgan fingerprint density at radius 1 is 1.11 bits per heavy atom. The Labute approximate surface area is 211 Å². The highest BCUT2D eigenvalue weighted by Crippen LogP contribution is 2.42. The largest absolute Gasteiger partial charge is 0.381 e. The molecule has 6 rings (SSSR count). The molecule has 192 valence electrons. The zero-order valence-corrected chi connectivity index (χ0v) is 21.0. The highest BCUT2D eigenvalue weighted by Gasteiger charge is 2.46. The van der Waals surface area contributed by atoms with Crippen molar-refractivity contribution in [3.63, 3.8) is 0 Å². The molecule has 0 radical (unpaired) electrons. The summed E-state index contributed by atoms with van der Waals surface area (Å²) in [6.45, 7) is 9.92. The van der Waals surface area contributed by atoms with Crippen molar-refractivity contribution in [1.82, 2.24) is 24.8 Å². The Bertz CT molecular complexity index is 1140. The lowest BCUT2D eigenvalue weighted by atomic mass is 9.99. The van der Waals surface area contributed by atoms with Gasteiger partial charge in [0.25, 0.3) is 0 Å². The summed E-state index contributed by atoms with van der Waals surface area (Å²) in [4.78, 5) is 38.4. The standard InChI is InChI=1S/C25H34N8O3/c1-16-13-36-10-8-32(16)24-29-20(18-11-27-23(26)28-12-18)19-3-6-33(21(19)30-24)25(2)5-7-31(15-25)22(34)17-4-9-35-14-17/h11-12,16-17H,3-10,13-15H2,1-2H3,(H2,26,27,28)/t16-,17-,25-/m0/s1. The van der Waals surface area contributed by atoms with Crippen LogP contribution in [0.3, 0.4) is 0 Å². The molecule has 4 aliphatic heterocycles. The van der Waals surface area contributed by atoms with Gasteiger partial charge in [-0.15, -0.1) is 0 Å². The van der Waals surface area contributed by atoms with Gasteiger partial charge in [0.15, 0.2) is 0 Å². The molecule has 0 saturated carbocycles. The number of carbonyl (C=O) groups excluding carboxylic acids is 1. The van der Waals surface area contributed by atoms with Crippen molar-refractivity contribution in [2.45, 2.75) is 44.7 Å². The molecule has 0 aliphatic carbocycles. The number of carbonyl (C=O) groups is 1. The summed E-state index contributed by atoms with van der Waals surface area (Å²) in [7, 11) is 0. The zero-order chi connectivity index (χ0) is 24.9. The van der Waals surface area contributed by atoms with Crippen molar-refractivity contribution < 1.29 is 14.3 Å². The van der Waals surface area contributed by atoms with Crippen LogP contribution < -0.4 is 15.5 Å². The van der Waals surface area contributed by atoms with E-state index in [1.165, 1.54) is 0 Å². The third kappa shape index (κ3) is 4.03. The van der Waals surface area contributed by atoms with Gasteiger partial charge in [0.05, 0.1) is 43.0 Å². The average molecular weight is 495 g/mol. The van der Waals surface area contributed by atoms with Gasteiger partial charge in [0.1, 0.15) is 5.82 Å². The Kier molecular flexibility index (Phi) is 5.91. The second-order valence-corrected chi connectivity index (χ2v) is 10.6. The first-order valence-corrected chi connectivity index (χ1v) is 12.9. The Hall–Kier alpha value is -3.05. The van der Waals surface area contributed by atoms with Crippen LogP contribution in [0.15, 0.2) is 12.4 Å². The third-order valence-corrected chi connectivity index (χ3v) is 8.08. The van der Waals surface area contributed by atoms with Gasteiger partial charge in [-0.25, -0.2) is 15.0 Å². The van der Waals surface area contributed by atoms with E-state index in [0.717, 1.165) is 61.5 Å². The number of amides is 1. The van der Waals surface area contributed by atoms with E-state index < -0.39 is 0 Å². The van der Waals surface area contributed by atoms with E-state index in [9.17, 15) is 4.79 Å². The maximum atomic E-state index is 13.1. The maximum absolute atomic E-state index is 13.1. The van der Waals surface area contributed by atoms with Gasteiger partial charge in [-0.1, -0.05) is 0 Å². The Balaban J connectivity index is 1.36. The van der Waals surface area contributed by atoms with Gasteiger partial charge in [-0.3, -0.25) is 4.79 Å². The Morgan fingerprint density at radius 3 is 2.67 bits per heavy atom. The summed E-state index contributed by atoms with van der Waals surface area (Å²) in [5.74, 6) is 2.10. The maximum Gasteiger partial charge on any atom is 0.228 e. The van der Waals surface area contributed by atoms with E-state index in [2.05, 4.69) is 33.6 Å². The second-order valence-electron chi connectivity index (χ2n) is 10.6. The van der Waals surface area contributed by atoms with E-state index in [-0.39, 0.29) is 29.4 Å². The number of nitrogens with zero attached hydrogens (tertiary/aromatic N) is 7. The number of fused-ring (bicyclic) bond motifs is 1. The Morgan fingerprint density at radius 2 is 1.92 bits per heavy atom. The molecule has 2 aromatic rings. The molecule has 36 heavy (non-hydrogen) atoms. The van der Waals surface area contributed by atoms with Gasteiger partial charge < -0.3 is 29.9 Å². The molecule has 11 heteroatoms. The molecule has 6 heterocycles. The molecule has 4 aliphatic rings. The molecular weight excluding hydrogens is 460 g/mol. The SMILES string of the molecule is C[C@H]1COCCN1c1nc(-c2cnc(N)nc2)c2c(n1)N([C@@]1(C)CCN(C(=O)[C@H]3CCOC3)C1)CC2. The number of nitrogen functional groups attached to an aromatic ring is 1. The third-order valence-electron chi connectivity index (χ3n) is 8.08. The smallest absolute Gasteiger partial charge is 0.228 e. The number of likely N-dealkylation sites (tertiary alicyclic amines) is 1. The molecule has 0 aromatic carbocycles. The van der Waals surface area contributed by atoms with Crippen LogP contribution in [-0.4, -0.2) is 94.9 Å². The van der Waals surface area contributed by atoms with Crippen molar-refractivity contribution >= 4 is 23.6 Å². The monoisotopic (exact) mass is 494 g/mol. The van der Waals surface area contributed by atoms with Crippen LogP contribution >= 0.6 is 0 Å². The summed E-state index contributed by atoms with van der Waals surface area (Å²) in [6.07, 6.45) is 6.02. The van der Waals surface area contributed by atoms with Crippen molar-refractivity contribution in [3.8, 4) is 11.3 Å². The average Bonchev–Trinajstić information content (AvgIpc) is 3.64. The summed E-state index contributed by atoms with van der Waals surface area (Å²) in [5.41, 5.74) is 8.36. The fraction of sp³-hybridized carbons (Fsp3) is 0.640. The molecule has 11 nitrogen and oxygen atoms in total. The minimum absolute atomic E-state index is 0.00734. The normalized spacial score (nSPS) is 28.1. The summed E-state index contributed by atoms with van der Waals surface area (Å²) in [6, 6.07) is 0.172. The van der Waals surface area contributed by atoms with Crippen LogP contribution in [0.2, 0.25) is 0 Å². The predicted octanol–water partition coefficient (Wildman–Crippen LogP) is 1.13. The lowest BCUT2D eigenvalue weighted by Crippen LogP contribution is -2.49. The number of morpholine rings is 1. The molecule has 2 aromatic heterocycles. The van der Waals surface area contributed by atoms with Gasteiger partial charge in [-0.05, 0) is 33.1 Å². The minimum atomic E-state index is -0.197. The molecule has 2 N–H and O–H groups in total. The number of aromatic nitrogens is 4. The van der Waals surface area contributed by atoms with E-state index in [1.54, 1.807) is 12.4 Å². The van der Waals surface area contributed by atoms with Crippen molar-refractivity contribution in [3.05, 3.63) is 18.0 Å². The summed E-state index contributed by atoms with van der Waals surface area (Å²) >= 11 is 0. The number of anilines is 3. The van der Waals surface area contributed by atoms with Crippen LogP contribution in [0.5, 0.6) is 0 Å². The molecule has 3 fully saturated rings. The first-order chi connectivity index (χ1) is 17.4. The molecule has 0 bridgehead atoms. The minimum Gasteiger partial charge on any atom is -0.381 e. The molecule has 1 amide bonds. The predicted molar refractivity (Wildman–Crippen MR) is 135 cm³/mol.